The van der Waals surface area contributed by atoms with Gasteiger partial charge in [-0.05, 0) is 0 Å². The van der Waals surface area contributed by atoms with Crippen molar-refractivity contribution in [3.05, 3.63) is 90.9 Å². The third kappa shape index (κ3) is 6.49. The van der Waals surface area contributed by atoms with Gasteiger partial charge >= 0.3 is 171 Å². The zero-order valence-electron chi connectivity index (χ0n) is 18.0. The van der Waals surface area contributed by atoms with E-state index in [-0.39, 0.29) is 37.2 Å². The summed E-state index contributed by atoms with van der Waals surface area (Å²) in [6, 6.07) is 14.1. The number of aryl methyl sites for hydroxylation is 4. The Morgan fingerprint density at radius 1 is 0.690 bits per heavy atom. The summed E-state index contributed by atoms with van der Waals surface area (Å²) >= 11 is 2.33. The van der Waals surface area contributed by atoms with Crippen LogP contribution in [0.5, 0.6) is 0 Å². The summed E-state index contributed by atoms with van der Waals surface area (Å²) in [7, 11) is 0. The largest absolute Gasteiger partial charge is 1.00 e. The second kappa shape index (κ2) is 11.8. The minimum Gasteiger partial charge on any atom is -1.00 e. The van der Waals surface area contributed by atoms with Crippen molar-refractivity contribution in [2.24, 2.45) is 5.92 Å². The minimum atomic E-state index is 0. The molecule has 0 spiro atoms. The normalized spacial score (nSPS) is 13.1. The van der Waals surface area contributed by atoms with Crippen LogP contribution in [0.25, 0.3) is 0 Å². The Kier molecular flexibility index (Phi) is 11.6. The molecule has 2 aromatic rings. The number of hydrogen-bond donors (Lipinski definition) is 0. The van der Waals surface area contributed by atoms with Crippen LogP contribution in [0.4, 0.5) is 0 Å². The molecule has 154 valence electrons. The molecule has 0 radical (unpaired) electrons. The standard InChI is InChI=1S/C25H29.3ClH.Ti/c1-16(2)21-7-8-22(15-21)25(23-11-17(3)9-18(4)12-23)24-13-19(5)10-20(6)14-24;;;;/h7,9-14,16,25H,8H2,1-6H3;3*1H;/q;;;;+3/p-3. The molecule has 1 aliphatic rings. The summed E-state index contributed by atoms with van der Waals surface area (Å²) in [5, 5.41) is 0. The van der Waals surface area contributed by atoms with Crippen molar-refractivity contribution < 1.29 is 57.7 Å². The monoisotopic (exact) mass is 482 g/mol. The van der Waals surface area contributed by atoms with Gasteiger partial charge in [-0.1, -0.05) is 0 Å². The van der Waals surface area contributed by atoms with Crippen LogP contribution < -0.4 is 37.2 Å². The fourth-order valence-corrected chi connectivity index (χ4v) is 5.34. The Bertz CT molecular complexity index is 818. The van der Waals surface area contributed by atoms with E-state index < -0.39 is 0 Å². The molecular formula is C25H29Cl3Ti. The van der Waals surface area contributed by atoms with E-state index in [4.69, 9.17) is 0 Å². The third-order valence-corrected chi connectivity index (χ3v) is 6.23. The maximum atomic E-state index is 2.45. The Balaban J connectivity index is 0.00000261. The molecular weight excluding hydrogens is 455 g/mol. The van der Waals surface area contributed by atoms with Crippen LogP contribution in [0.1, 0.15) is 59.6 Å². The fourth-order valence-electron chi connectivity index (χ4n) is 4.34. The topological polar surface area (TPSA) is 0 Å². The van der Waals surface area contributed by atoms with Gasteiger partial charge in [-0.3, -0.25) is 0 Å². The summed E-state index contributed by atoms with van der Waals surface area (Å²) in [6.45, 7) is 13.5. The SMILES string of the molecule is Cc1cc(C)cc(C(C2=[C]([Ti+3])C(C(C)C)=CC2)c2cc(C)cc(C)c2)c1.[Cl-].[Cl-].[Cl-]. The minimum absolute atomic E-state index is 0. The van der Waals surface area contributed by atoms with Gasteiger partial charge in [-0.2, -0.15) is 0 Å². The number of halogens is 3. The van der Waals surface area contributed by atoms with E-state index in [1.807, 2.05) is 0 Å². The molecule has 0 bridgehead atoms. The van der Waals surface area contributed by atoms with Crippen LogP contribution in [0.3, 0.4) is 0 Å². The predicted molar refractivity (Wildman–Crippen MR) is 108 cm³/mol. The number of hydrogen-bond acceptors (Lipinski definition) is 0. The van der Waals surface area contributed by atoms with Gasteiger partial charge in [0.15, 0.2) is 0 Å². The Morgan fingerprint density at radius 2 is 1.07 bits per heavy atom. The molecule has 0 aromatic heterocycles. The van der Waals surface area contributed by atoms with Gasteiger partial charge in [-0.15, -0.1) is 0 Å². The molecule has 0 atom stereocenters. The van der Waals surface area contributed by atoms with E-state index in [9.17, 15) is 0 Å². The summed E-state index contributed by atoms with van der Waals surface area (Å²) in [5.74, 6) is 0.936. The average molecular weight is 484 g/mol. The summed E-state index contributed by atoms with van der Waals surface area (Å²) in [4.78, 5) is 0. The first-order valence-corrected chi connectivity index (χ1v) is 10.4. The maximum absolute atomic E-state index is 2.45. The van der Waals surface area contributed by atoms with Crippen molar-refractivity contribution in [1.29, 1.82) is 0 Å². The Labute approximate surface area is 207 Å². The summed E-state index contributed by atoms with van der Waals surface area (Å²) < 4.78 is 1.50. The van der Waals surface area contributed by atoms with Gasteiger partial charge in [-0.25, -0.2) is 0 Å². The summed E-state index contributed by atoms with van der Waals surface area (Å²) in [6.07, 6.45) is 3.53. The molecule has 29 heavy (non-hydrogen) atoms. The summed E-state index contributed by atoms with van der Waals surface area (Å²) in [5.41, 5.74) is 11.4. The van der Waals surface area contributed by atoms with E-state index in [1.165, 1.54) is 42.8 Å². The molecule has 0 saturated carbocycles. The molecule has 0 nitrogen and oxygen atoms in total. The van der Waals surface area contributed by atoms with Gasteiger partial charge in [0.25, 0.3) is 0 Å². The molecule has 4 heteroatoms. The first kappa shape index (κ1) is 28.5. The van der Waals surface area contributed by atoms with Crippen molar-refractivity contribution in [2.45, 2.75) is 53.9 Å². The zero-order chi connectivity index (χ0) is 19.0. The number of rotatable bonds is 4. The van der Waals surface area contributed by atoms with Crippen LogP contribution in [-0.2, 0) is 20.4 Å². The van der Waals surface area contributed by atoms with E-state index >= 15 is 0 Å². The van der Waals surface area contributed by atoms with E-state index in [0.717, 1.165) is 6.42 Å². The van der Waals surface area contributed by atoms with Crippen LogP contribution in [-0.4, -0.2) is 0 Å². The molecule has 0 aliphatic heterocycles. The number of allylic oxidation sites excluding steroid dienone is 4. The Morgan fingerprint density at radius 3 is 1.38 bits per heavy atom. The molecule has 0 N–H and O–H groups in total. The second-order valence-electron chi connectivity index (χ2n) is 8.19. The Hall–Kier alpha value is -0.496. The van der Waals surface area contributed by atoms with Crippen LogP contribution in [0, 0.1) is 33.6 Å². The van der Waals surface area contributed by atoms with Gasteiger partial charge in [0.05, 0.1) is 0 Å². The molecule has 0 amide bonds. The first-order valence-electron chi connectivity index (χ1n) is 9.57. The van der Waals surface area contributed by atoms with Crippen molar-refractivity contribution in [2.75, 3.05) is 0 Å². The molecule has 1 aliphatic carbocycles. The molecule has 0 unspecified atom stereocenters. The quantitative estimate of drug-likeness (QED) is 0.435. The average Bonchev–Trinajstić information content (AvgIpc) is 2.87. The molecule has 0 fully saturated rings. The molecule has 0 heterocycles. The molecule has 0 saturated heterocycles. The maximum Gasteiger partial charge on any atom is -1.00 e. The first-order chi connectivity index (χ1) is 12.3. The molecule has 3 rings (SSSR count). The fraction of sp³-hybridized carbons (Fsp3) is 0.360. The van der Waals surface area contributed by atoms with Crippen molar-refractivity contribution in [3.8, 4) is 0 Å². The van der Waals surface area contributed by atoms with Gasteiger partial charge in [0, 0.05) is 0 Å². The third-order valence-electron chi connectivity index (χ3n) is 5.28. The van der Waals surface area contributed by atoms with Crippen molar-refractivity contribution >= 4 is 0 Å². The van der Waals surface area contributed by atoms with E-state index in [2.05, 4.69) is 104 Å². The van der Waals surface area contributed by atoms with E-state index in [0.29, 0.717) is 11.8 Å². The van der Waals surface area contributed by atoms with Gasteiger partial charge in [0.2, 0.25) is 0 Å². The number of benzene rings is 2. The van der Waals surface area contributed by atoms with Crippen molar-refractivity contribution in [1.82, 2.24) is 0 Å². The molecule has 2 aromatic carbocycles. The predicted octanol–water partition coefficient (Wildman–Crippen LogP) is -2.15. The van der Waals surface area contributed by atoms with Gasteiger partial charge < -0.3 is 37.2 Å². The zero-order valence-corrected chi connectivity index (χ0v) is 21.9. The van der Waals surface area contributed by atoms with Crippen LogP contribution >= 0.6 is 0 Å². The van der Waals surface area contributed by atoms with E-state index in [1.54, 1.807) is 5.57 Å². The van der Waals surface area contributed by atoms with Gasteiger partial charge in [0.1, 0.15) is 0 Å². The van der Waals surface area contributed by atoms with Crippen LogP contribution in [0.15, 0.2) is 57.5 Å². The smallest absolute Gasteiger partial charge is 1.00 e. The van der Waals surface area contributed by atoms with Crippen molar-refractivity contribution in [3.63, 3.8) is 0 Å². The van der Waals surface area contributed by atoms with Crippen LogP contribution in [0.2, 0.25) is 0 Å². The second-order valence-corrected chi connectivity index (χ2v) is 8.97.